The molecule has 0 bridgehead atoms. The minimum Gasteiger partial charge on any atom is -0.463 e. The van der Waals surface area contributed by atoms with Gasteiger partial charge in [0.05, 0.1) is 25.0 Å². The first kappa shape index (κ1) is 19.2. The van der Waals surface area contributed by atoms with Crippen LogP contribution < -0.4 is 5.32 Å². The number of ether oxygens (including phenoxy) is 2. The topological polar surface area (TPSA) is 64.6 Å². The molecule has 0 atom stereocenters. The van der Waals surface area contributed by atoms with E-state index in [4.69, 9.17) is 9.47 Å². The van der Waals surface area contributed by atoms with Gasteiger partial charge < -0.3 is 14.8 Å². The van der Waals surface area contributed by atoms with Crippen molar-refractivity contribution in [2.24, 2.45) is 0 Å². The summed E-state index contributed by atoms with van der Waals surface area (Å²) in [6.45, 7) is 7.79. The Labute approximate surface area is 138 Å². The van der Waals surface area contributed by atoms with Crippen molar-refractivity contribution in [1.29, 1.82) is 0 Å². The zero-order valence-electron chi connectivity index (χ0n) is 14.4. The summed E-state index contributed by atoms with van der Waals surface area (Å²) < 4.78 is 10.3. The van der Waals surface area contributed by atoms with Crippen molar-refractivity contribution in [3.05, 3.63) is 35.9 Å². The van der Waals surface area contributed by atoms with Crippen LogP contribution >= 0.6 is 0 Å². The maximum absolute atomic E-state index is 11.9. The van der Waals surface area contributed by atoms with E-state index in [-0.39, 0.29) is 43.0 Å². The zero-order valence-corrected chi connectivity index (χ0v) is 14.4. The number of nitrogens with one attached hydrogen (secondary N) is 1. The normalized spacial score (nSPS) is 11.1. The predicted octanol–water partition coefficient (Wildman–Crippen LogP) is 2.83. The van der Waals surface area contributed by atoms with Gasteiger partial charge in [-0.3, -0.25) is 9.59 Å². The Kier molecular flexibility index (Phi) is 8.33. The third-order valence-electron chi connectivity index (χ3n) is 3.00. The second-order valence-electron chi connectivity index (χ2n) is 6.05. The average Bonchev–Trinajstić information content (AvgIpc) is 2.44. The van der Waals surface area contributed by atoms with Crippen LogP contribution in [0.3, 0.4) is 0 Å². The lowest BCUT2D eigenvalue weighted by molar-refractivity contribution is -0.150. The Balaban J connectivity index is 2.59. The summed E-state index contributed by atoms with van der Waals surface area (Å²) in [7, 11) is 0. The van der Waals surface area contributed by atoms with Crippen LogP contribution in [0.5, 0.6) is 0 Å². The monoisotopic (exact) mass is 321 g/mol. The largest absolute Gasteiger partial charge is 0.463 e. The highest BCUT2D eigenvalue weighted by molar-refractivity contribution is 5.74. The van der Waals surface area contributed by atoms with E-state index in [1.165, 1.54) is 0 Å². The Bertz CT molecular complexity index is 461. The van der Waals surface area contributed by atoms with Gasteiger partial charge in [0.15, 0.2) is 0 Å². The molecular weight excluding hydrogens is 294 g/mol. The van der Waals surface area contributed by atoms with Gasteiger partial charge in [-0.05, 0) is 33.3 Å². The van der Waals surface area contributed by atoms with Gasteiger partial charge in [-0.1, -0.05) is 30.3 Å². The van der Waals surface area contributed by atoms with E-state index in [1.807, 2.05) is 30.3 Å². The van der Waals surface area contributed by atoms with Crippen molar-refractivity contribution < 1.29 is 19.1 Å². The summed E-state index contributed by atoms with van der Waals surface area (Å²) in [5, 5.41) is 3.24. The molecule has 1 aromatic carbocycles. The smallest absolute Gasteiger partial charge is 0.307 e. The van der Waals surface area contributed by atoms with Crippen LogP contribution in [-0.2, 0) is 25.6 Å². The molecule has 0 unspecified atom stereocenters. The molecule has 0 fully saturated rings. The molecule has 1 aromatic rings. The van der Waals surface area contributed by atoms with E-state index in [9.17, 15) is 9.59 Å². The quantitative estimate of drug-likeness (QED) is 0.709. The van der Waals surface area contributed by atoms with Crippen LogP contribution in [0.4, 0.5) is 0 Å². The standard InChI is InChI=1S/C18H27NO4/c1-13(2)22-17(20)10-16(11-18(21)23-14(3)4)19-12-15-8-6-5-7-9-15/h5-9,13-14,16,19H,10-12H2,1-4H3. The molecule has 0 radical (unpaired) electrons. The molecule has 128 valence electrons. The fraction of sp³-hybridized carbons (Fsp3) is 0.556. The van der Waals surface area contributed by atoms with Gasteiger partial charge in [0.2, 0.25) is 0 Å². The highest BCUT2D eigenvalue weighted by atomic mass is 16.5. The highest BCUT2D eigenvalue weighted by Gasteiger charge is 2.20. The maximum atomic E-state index is 11.9. The van der Waals surface area contributed by atoms with Crippen molar-refractivity contribution in [3.63, 3.8) is 0 Å². The van der Waals surface area contributed by atoms with Gasteiger partial charge in [-0.15, -0.1) is 0 Å². The summed E-state index contributed by atoms with van der Waals surface area (Å²) in [5.74, 6) is -0.634. The zero-order chi connectivity index (χ0) is 17.2. The van der Waals surface area contributed by atoms with Gasteiger partial charge >= 0.3 is 11.9 Å². The van der Waals surface area contributed by atoms with Crippen molar-refractivity contribution >= 4 is 11.9 Å². The Morgan fingerprint density at radius 1 is 0.913 bits per heavy atom. The van der Waals surface area contributed by atoms with E-state index in [0.29, 0.717) is 6.54 Å². The van der Waals surface area contributed by atoms with E-state index in [2.05, 4.69) is 5.32 Å². The number of carbonyl (C=O) groups is 2. The van der Waals surface area contributed by atoms with E-state index in [1.54, 1.807) is 27.7 Å². The molecule has 5 nitrogen and oxygen atoms in total. The lowest BCUT2D eigenvalue weighted by Gasteiger charge is -2.19. The van der Waals surface area contributed by atoms with Crippen LogP contribution in [0, 0.1) is 0 Å². The fourth-order valence-electron chi connectivity index (χ4n) is 2.10. The summed E-state index contributed by atoms with van der Waals surface area (Å²) in [5.41, 5.74) is 1.09. The van der Waals surface area contributed by atoms with Gasteiger partial charge in [0.25, 0.3) is 0 Å². The van der Waals surface area contributed by atoms with E-state index in [0.717, 1.165) is 5.56 Å². The minimum atomic E-state index is -0.317. The Hall–Kier alpha value is -1.88. The second-order valence-corrected chi connectivity index (χ2v) is 6.05. The first-order valence-corrected chi connectivity index (χ1v) is 8.03. The summed E-state index contributed by atoms with van der Waals surface area (Å²) in [6.07, 6.45) is -0.0593. The molecule has 1 rings (SSSR count). The van der Waals surface area contributed by atoms with Gasteiger partial charge in [0, 0.05) is 12.6 Å². The third-order valence-corrected chi connectivity index (χ3v) is 3.00. The molecule has 0 aromatic heterocycles. The molecule has 0 saturated heterocycles. The van der Waals surface area contributed by atoms with Crippen molar-refractivity contribution in [2.45, 2.75) is 65.3 Å². The van der Waals surface area contributed by atoms with Crippen LogP contribution in [-0.4, -0.2) is 30.2 Å². The SMILES string of the molecule is CC(C)OC(=O)CC(CC(=O)OC(C)C)NCc1ccccc1. The molecule has 0 heterocycles. The maximum Gasteiger partial charge on any atom is 0.307 e. The minimum absolute atomic E-state index is 0.137. The molecule has 0 aliphatic heterocycles. The Morgan fingerprint density at radius 3 is 1.83 bits per heavy atom. The Morgan fingerprint density at radius 2 is 1.39 bits per heavy atom. The number of rotatable bonds is 9. The number of carbonyl (C=O) groups excluding carboxylic acids is 2. The van der Waals surface area contributed by atoms with E-state index < -0.39 is 0 Å². The average molecular weight is 321 g/mol. The molecule has 0 aliphatic carbocycles. The molecular formula is C18H27NO4. The second kappa shape index (κ2) is 10.0. The molecule has 23 heavy (non-hydrogen) atoms. The molecule has 0 spiro atoms. The number of benzene rings is 1. The first-order valence-electron chi connectivity index (χ1n) is 8.03. The number of esters is 2. The van der Waals surface area contributed by atoms with Gasteiger partial charge in [-0.2, -0.15) is 0 Å². The summed E-state index contributed by atoms with van der Waals surface area (Å²) in [6, 6.07) is 9.51. The number of hydrogen-bond donors (Lipinski definition) is 1. The molecule has 1 N–H and O–H groups in total. The van der Waals surface area contributed by atoms with Crippen molar-refractivity contribution in [2.75, 3.05) is 0 Å². The summed E-state index contributed by atoms with van der Waals surface area (Å²) in [4.78, 5) is 23.7. The molecule has 5 heteroatoms. The van der Waals surface area contributed by atoms with Crippen LogP contribution in [0.2, 0.25) is 0 Å². The lowest BCUT2D eigenvalue weighted by atomic mass is 10.1. The van der Waals surface area contributed by atoms with Crippen LogP contribution in [0.1, 0.15) is 46.1 Å². The molecule has 0 aliphatic rings. The van der Waals surface area contributed by atoms with Crippen molar-refractivity contribution in [1.82, 2.24) is 5.32 Å². The van der Waals surface area contributed by atoms with Gasteiger partial charge in [0.1, 0.15) is 0 Å². The highest BCUT2D eigenvalue weighted by Crippen LogP contribution is 2.07. The third kappa shape index (κ3) is 8.98. The van der Waals surface area contributed by atoms with Crippen molar-refractivity contribution in [3.8, 4) is 0 Å². The van der Waals surface area contributed by atoms with Crippen LogP contribution in [0.25, 0.3) is 0 Å². The first-order chi connectivity index (χ1) is 10.9. The number of hydrogen-bond acceptors (Lipinski definition) is 5. The van der Waals surface area contributed by atoms with Gasteiger partial charge in [-0.25, -0.2) is 0 Å². The van der Waals surface area contributed by atoms with E-state index >= 15 is 0 Å². The lowest BCUT2D eigenvalue weighted by Crippen LogP contribution is -2.35. The molecule has 0 amide bonds. The summed E-state index contributed by atoms with van der Waals surface area (Å²) >= 11 is 0. The van der Waals surface area contributed by atoms with Crippen LogP contribution in [0.15, 0.2) is 30.3 Å². The fourth-order valence-corrected chi connectivity index (χ4v) is 2.10. The molecule has 0 saturated carbocycles. The predicted molar refractivity (Wildman–Crippen MR) is 88.8 cm³/mol.